The molecule has 1 aromatic carbocycles. The van der Waals surface area contributed by atoms with Gasteiger partial charge >= 0.3 is 6.18 Å². The second-order valence-corrected chi connectivity index (χ2v) is 5.90. The summed E-state index contributed by atoms with van der Waals surface area (Å²) < 4.78 is 43.7. The largest absolute Gasteiger partial charge is 0.455 e. The summed E-state index contributed by atoms with van der Waals surface area (Å²) in [7, 11) is 0. The number of rotatable bonds is 4. The van der Waals surface area contributed by atoms with Gasteiger partial charge in [0.25, 0.3) is 5.91 Å². The summed E-state index contributed by atoms with van der Waals surface area (Å²) in [4.78, 5) is 12.2. The molecule has 0 fully saturated rings. The van der Waals surface area contributed by atoms with Gasteiger partial charge in [0.2, 0.25) is 0 Å². The maximum Gasteiger partial charge on any atom is 0.416 e. The number of halogens is 3. The number of nitrogens with zero attached hydrogens (tertiary/aromatic N) is 1. The Morgan fingerprint density at radius 1 is 1.16 bits per heavy atom. The molecule has 0 aliphatic carbocycles. The van der Waals surface area contributed by atoms with Gasteiger partial charge in [0, 0.05) is 5.56 Å². The Balaban J connectivity index is 1.70. The maximum atomic E-state index is 12.8. The molecule has 1 N–H and O–H groups in total. The van der Waals surface area contributed by atoms with Crippen molar-refractivity contribution in [3.05, 3.63) is 70.1 Å². The fourth-order valence-corrected chi connectivity index (χ4v) is 2.66. The zero-order valence-corrected chi connectivity index (χ0v) is 13.4. The van der Waals surface area contributed by atoms with Crippen molar-refractivity contribution in [2.75, 3.05) is 0 Å². The molecule has 0 aliphatic rings. The van der Waals surface area contributed by atoms with E-state index >= 15 is 0 Å². The zero-order valence-electron chi connectivity index (χ0n) is 12.6. The van der Waals surface area contributed by atoms with Crippen molar-refractivity contribution >= 4 is 23.5 Å². The summed E-state index contributed by atoms with van der Waals surface area (Å²) in [5.41, 5.74) is 1.90. The first kappa shape index (κ1) is 17.0. The minimum absolute atomic E-state index is 0.275. The lowest BCUT2D eigenvalue weighted by Crippen LogP contribution is -2.15. The molecule has 1 amide bonds. The molecule has 2 aromatic heterocycles. The number of alkyl halides is 3. The molecule has 3 rings (SSSR count). The number of carbonyl (C=O) groups excluding carboxylic acids is 1. The van der Waals surface area contributed by atoms with Crippen molar-refractivity contribution in [1.82, 2.24) is 5.43 Å². The van der Waals surface area contributed by atoms with Gasteiger partial charge in [0.15, 0.2) is 0 Å². The summed E-state index contributed by atoms with van der Waals surface area (Å²) in [5.74, 6) is 0.229. The van der Waals surface area contributed by atoms with E-state index in [1.165, 1.54) is 35.8 Å². The molecular formula is C17H11F3N2O2S. The van der Waals surface area contributed by atoms with Crippen LogP contribution in [0.15, 0.2) is 63.4 Å². The van der Waals surface area contributed by atoms with Crippen molar-refractivity contribution in [3.8, 4) is 11.3 Å². The Labute approximate surface area is 144 Å². The van der Waals surface area contributed by atoms with Gasteiger partial charge in [-0.3, -0.25) is 4.79 Å². The normalized spacial score (nSPS) is 11.8. The number of amides is 1. The van der Waals surface area contributed by atoms with Gasteiger partial charge in [-0.2, -0.15) is 18.3 Å². The second kappa shape index (κ2) is 6.94. The number of hydrazone groups is 1. The van der Waals surface area contributed by atoms with E-state index in [1.807, 2.05) is 0 Å². The third-order valence-corrected chi connectivity index (χ3v) is 4.07. The van der Waals surface area contributed by atoms with Crippen LogP contribution >= 0.6 is 11.3 Å². The van der Waals surface area contributed by atoms with Crippen LogP contribution in [-0.4, -0.2) is 12.1 Å². The molecule has 4 nitrogen and oxygen atoms in total. The highest BCUT2D eigenvalue weighted by atomic mass is 32.1. The smallest absolute Gasteiger partial charge is 0.416 e. The molecule has 0 aliphatic heterocycles. The van der Waals surface area contributed by atoms with Gasteiger partial charge < -0.3 is 4.42 Å². The number of hydrogen-bond donors (Lipinski definition) is 1. The quantitative estimate of drug-likeness (QED) is 0.534. The number of carbonyl (C=O) groups is 1. The standard InChI is InChI=1S/C17H11F3N2O2S/c18-17(19,20)12-4-1-3-11(9-12)14-7-6-13(24-14)10-21-22-16(23)15-5-2-8-25-15/h1-10H,(H,22,23). The van der Waals surface area contributed by atoms with Gasteiger partial charge in [0.1, 0.15) is 11.5 Å². The van der Waals surface area contributed by atoms with Gasteiger partial charge in [-0.1, -0.05) is 18.2 Å². The van der Waals surface area contributed by atoms with Gasteiger partial charge in [0.05, 0.1) is 16.7 Å². The molecular weight excluding hydrogens is 353 g/mol. The number of benzene rings is 1. The average Bonchev–Trinajstić information content (AvgIpc) is 3.26. The molecule has 0 radical (unpaired) electrons. The predicted octanol–water partition coefficient (Wildman–Crippen LogP) is 4.79. The Morgan fingerprint density at radius 3 is 2.72 bits per heavy atom. The van der Waals surface area contributed by atoms with Crippen molar-refractivity contribution in [2.45, 2.75) is 6.18 Å². The topological polar surface area (TPSA) is 54.6 Å². The van der Waals surface area contributed by atoms with Crippen LogP contribution < -0.4 is 5.43 Å². The molecule has 0 saturated heterocycles. The average molecular weight is 364 g/mol. The zero-order chi connectivity index (χ0) is 17.9. The number of thiophene rings is 1. The van der Waals surface area contributed by atoms with E-state index in [4.69, 9.17) is 4.42 Å². The molecule has 0 spiro atoms. The molecule has 25 heavy (non-hydrogen) atoms. The van der Waals surface area contributed by atoms with Crippen molar-refractivity contribution < 1.29 is 22.4 Å². The molecule has 2 heterocycles. The fourth-order valence-electron chi connectivity index (χ4n) is 2.04. The lowest BCUT2D eigenvalue weighted by Gasteiger charge is -2.07. The van der Waals surface area contributed by atoms with Crippen LogP contribution in [0, 0.1) is 0 Å². The summed E-state index contributed by atoms with van der Waals surface area (Å²) in [6, 6.07) is 11.3. The van der Waals surface area contributed by atoms with E-state index in [1.54, 1.807) is 23.6 Å². The molecule has 3 aromatic rings. The monoisotopic (exact) mass is 364 g/mol. The first-order valence-electron chi connectivity index (χ1n) is 7.08. The highest BCUT2D eigenvalue weighted by molar-refractivity contribution is 7.12. The van der Waals surface area contributed by atoms with E-state index in [0.29, 0.717) is 16.2 Å². The Morgan fingerprint density at radius 2 is 2.00 bits per heavy atom. The minimum Gasteiger partial charge on any atom is -0.455 e. The van der Waals surface area contributed by atoms with Crippen molar-refractivity contribution in [2.24, 2.45) is 5.10 Å². The maximum absolute atomic E-state index is 12.8. The van der Waals surface area contributed by atoms with Gasteiger partial charge in [-0.25, -0.2) is 5.43 Å². The summed E-state index contributed by atoms with van der Waals surface area (Å²) in [6.07, 6.45) is -3.14. The summed E-state index contributed by atoms with van der Waals surface area (Å²) in [5, 5.41) is 5.54. The fraction of sp³-hybridized carbons (Fsp3) is 0.0588. The predicted molar refractivity (Wildman–Crippen MR) is 88.5 cm³/mol. The van der Waals surface area contributed by atoms with Gasteiger partial charge in [-0.05, 0) is 35.7 Å². The first-order valence-corrected chi connectivity index (χ1v) is 7.96. The van der Waals surface area contributed by atoms with Crippen LogP contribution in [0.5, 0.6) is 0 Å². The van der Waals surface area contributed by atoms with E-state index in [0.717, 1.165) is 12.1 Å². The minimum atomic E-state index is -4.42. The highest BCUT2D eigenvalue weighted by Gasteiger charge is 2.30. The van der Waals surface area contributed by atoms with Gasteiger partial charge in [-0.15, -0.1) is 11.3 Å². The Kier molecular flexibility index (Phi) is 4.71. The SMILES string of the molecule is O=C(NN=Cc1ccc(-c2cccc(C(F)(F)F)c2)o1)c1cccs1. The number of hydrogen-bond acceptors (Lipinski definition) is 4. The van der Waals surface area contributed by atoms with Crippen molar-refractivity contribution in [1.29, 1.82) is 0 Å². The summed E-state index contributed by atoms with van der Waals surface area (Å²) in [6.45, 7) is 0. The molecule has 128 valence electrons. The van der Waals surface area contributed by atoms with Crippen LogP contribution in [-0.2, 0) is 6.18 Å². The number of furan rings is 1. The lowest BCUT2D eigenvalue weighted by atomic mass is 10.1. The highest BCUT2D eigenvalue weighted by Crippen LogP contribution is 2.32. The third kappa shape index (κ3) is 4.16. The van der Waals surface area contributed by atoms with Crippen LogP contribution in [0.2, 0.25) is 0 Å². The van der Waals surface area contributed by atoms with Crippen LogP contribution in [0.1, 0.15) is 21.0 Å². The first-order chi connectivity index (χ1) is 11.9. The van der Waals surface area contributed by atoms with Crippen LogP contribution in [0.3, 0.4) is 0 Å². The van der Waals surface area contributed by atoms with Crippen LogP contribution in [0.25, 0.3) is 11.3 Å². The van der Waals surface area contributed by atoms with E-state index in [9.17, 15) is 18.0 Å². The van der Waals surface area contributed by atoms with Crippen LogP contribution in [0.4, 0.5) is 13.2 Å². The van der Waals surface area contributed by atoms with E-state index in [2.05, 4.69) is 10.5 Å². The van der Waals surface area contributed by atoms with Crippen molar-refractivity contribution in [3.63, 3.8) is 0 Å². The Bertz CT molecular complexity index is 899. The second-order valence-electron chi connectivity index (χ2n) is 4.96. The lowest BCUT2D eigenvalue weighted by molar-refractivity contribution is -0.137. The third-order valence-electron chi connectivity index (χ3n) is 3.20. The molecule has 0 unspecified atom stereocenters. The summed E-state index contributed by atoms with van der Waals surface area (Å²) >= 11 is 1.28. The molecule has 0 saturated carbocycles. The van der Waals surface area contributed by atoms with E-state index < -0.39 is 11.7 Å². The Hall–Kier alpha value is -2.87. The molecule has 0 atom stereocenters. The number of nitrogens with one attached hydrogen (secondary N) is 1. The van der Waals surface area contributed by atoms with E-state index in [-0.39, 0.29) is 11.7 Å². The molecule has 0 bridgehead atoms. The molecule has 8 heteroatoms.